The maximum Gasteiger partial charge on any atom is 0.330 e. The lowest BCUT2D eigenvalue weighted by Crippen LogP contribution is -2.12. The second-order valence-electron chi connectivity index (χ2n) is 6.96. The third-order valence-corrected chi connectivity index (χ3v) is 5.09. The number of hydrogen-bond acceptors (Lipinski definition) is 5. The molecule has 26 heavy (non-hydrogen) atoms. The standard InChI is InChI=1S/C19H35N3O3S/c1-3-5-7-9-11-13-15-17-20-18(16-14-12-10-8-6-4-2)22-19(21-17)26(23,24)25/h3-16H2,1-2H3,(H,23,24,25). The summed E-state index contributed by atoms with van der Waals surface area (Å²) >= 11 is 0. The van der Waals surface area contributed by atoms with Gasteiger partial charge in [-0.15, -0.1) is 0 Å². The molecular formula is C19H35N3O3S. The highest BCUT2D eigenvalue weighted by Gasteiger charge is 2.17. The lowest BCUT2D eigenvalue weighted by Gasteiger charge is -2.06. The van der Waals surface area contributed by atoms with Crippen molar-refractivity contribution in [1.29, 1.82) is 0 Å². The molecule has 0 aromatic carbocycles. The number of nitrogens with zero attached hydrogens (tertiary/aromatic N) is 3. The number of hydrogen-bond donors (Lipinski definition) is 1. The summed E-state index contributed by atoms with van der Waals surface area (Å²) in [5, 5.41) is -0.505. The highest BCUT2D eigenvalue weighted by Crippen LogP contribution is 2.12. The monoisotopic (exact) mass is 385 g/mol. The average molecular weight is 386 g/mol. The third-order valence-electron chi connectivity index (χ3n) is 4.45. The fourth-order valence-corrected chi connectivity index (χ4v) is 3.35. The van der Waals surface area contributed by atoms with E-state index in [9.17, 15) is 13.0 Å². The molecule has 0 aliphatic rings. The van der Waals surface area contributed by atoms with Crippen LogP contribution in [0.1, 0.15) is 103 Å². The minimum atomic E-state index is -4.40. The first-order chi connectivity index (χ1) is 12.5. The summed E-state index contributed by atoms with van der Waals surface area (Å²) in [7, 11) is -4.40. The van der Waals surface area contributed by atoms with E-state index in [-0.39, 0.29) is 0 Å². The van der Waals surface area contributed by atoms with E-state index in [1.54, 1.807) is 0 Å². The molecule has 0 saturated carbocycles. The zero-order valence-electron chi connectivity index (χ0n) is 16.4. The van der Waals surface area contributed by atoms with Gasteiger partial charge in [-0.2, -0.15) is 8.42 Å². The molecule has 7 heteroatoms. The zero-order chi connectivity index (χ0) is 19.3. The summed E-state index contributed by atoms with van der Waals surface area (Å²) in [5.74, 6) is 0.952. The SMILES string of the molecule is CCCCCCCCc1nc(CCCCCCCC)nc(S(=O)(=O)O)n1. The molecule has 1 aromatic rings. The predicted molar refractivity (Wildman–Crippen MR) is 104 cm³/mol. The summed E-state index contributed by atoms with van der Waals surface area (Å²) < 4.78 is 32.2. The lowest BCUT2D eigenvalue weighted by molar-refractivity contribution is 0.469. The Labute approximate surface area is 159 Å². The van der Waals surface area contributed by atoms with E-state index in [1.165, 1.54) is 51.4 Å². The van der Waals surface area contributed by atoms with Crippen molar-refractivity contribution in [2.45, 2.75) is 109 Å². The largest absolute Gasteiger partial charge is 0.330 e. The van der Waals surface area contributed by atoms with Gasteiger partial charge in [-0.1, -0.05) is 78.1 Å². The normalized spacial score (nSPS) is 11.8. The van der Waals surface area contributed by atoms with Gasteiger partial charge in [-0.05, 0) is 12.8 Å². The molecule has 6 nitrogen and oxygen atoms in total. The Balaban J connectivity index is 2.57. The van der Waals surface area contributed by atoms with Crippen LogP contribution >= 0.6 is 0 Å². The Morgan fingerprint density at radius 2 is 1.04 bits per heavy atom. The summed E-state index contributed by atoms with van der Waals surface area (Å²) in [5.41, 5.74) is 0. The van der Waals surface area contributed by atoms with Crippen LogP contribution in [0, 0.1) is 0 Å². The van der Waals surface area contributed by atoms with Gasteiger partial charge in [0.1, 0.15) is 11.6 Å². The molecular weight excluding hydrogens is 350 g/mol. The van der Waals surface area contributed by atoms with Crippen molar-refractivity contribution >= 4 is 10.1 Å². The fraction of sp³-hybridized carbons (Fsp3) is 0.842. The Morgan fingerprint density at radius 3 is 1.42 bits per heavy atom. The van der Waals surface area contributed by atoms with E-state index >= 15 is 0 Å². The van der Waals surface area contributed by atoms with Gasteiger partial charge >= 0.3 is 10.1 Å². The molecule has 150 valence electrons. The van der Waals surface area contributed by atoms with Gasteiger partial charge in [0, 0.05) is 12.8 Å². The Kier molecular flexibility index (Phi) is 11.6. The molecule has 0 aliphatic heterocycles. The quantitative estimate of drug-likeness (QED) is 0.340. The molecule has 1 heterocycles. The smallest absolute Gasteiger partial charge is 0.279 e. The second kappa shape index (κ2) is 13.1. The van der Waals surface area contributed by atoms with Gasteiger partial charge in [0.2, 0.25) is 0 Å². The van der Waals surface area contributed by atoms with Crippen LogP contribution in [0.3, 0.4) is 0 Å². The van der Waals surface area contributed by atoms with Crippen LogP contribution in [-0.4, -0.2) is 27.9 Å². The minimum Gasteiger partial charge on any atom is -0.279 e. The van der Waals surface area contributed by atoms with Crippen molar-refractivity contribution in [3.63, 3.8) is 0 Å². The molecule has 0 amide bonds. The first kappa shape index (κ1) is 23.0. The lowest BCUT2D eigenvalue weighted by atomic mass is 10.1. The molecule has 0 unspecified atom stereocenters. The van der Waals surface area contributed by atoms with Crippen LogP contribution in [0.4, 0.5) is 0 Å². The average Bonchev–Trinajstić information content (AvgIpc) is 2.60. The van der Waals surface area contributed by atoms with Crippen molar-refractivity contribution in [1.82, 2.24) is 15.0 Å². The van der Waals surface area contributed by atoms with Crippen LogP contribution in [-0.2, 0) is 23.0 Å². The number of aryl methyl sites for hydroxylation is 2. The van der Waals surface area contributed by atoms with Crippen molar-refractivity contribution in [3.05, 3.63) is 11.6 Å². The first-order valence-corrected chi connectivity index (χ1v) is 11.6. The maximum absolute atomic E-state index is 11.4. The summed E-state index contributed by atoms with van der Waals surface area (Å²) in [6.07, 6.45) is 15.0. The van der Waals surface area contributed by atoms with Crippen LogP contribution in [0.2, 0.25) is 0 Å². The van der Waals surface area contributed by atoms with E-state index in [2.05, 4.69) is 28.8 Å². The molecule has 0 radical (unpaired) electrons. The maximum atomic E-state index is 11.4. The first-order valence-electron chi connectivity index (χ1n) is 10.2. The molecule has 1 N–H and O–H groups in total. The van der Waals surface area contributed by atoms with Crippen molar-refractivity contribution in [2.75, 3.05) is 0 Å². The summed E-state index contributed by atoms with van der Waals surface area (Å²) in [6.45, 7) is 4.38. The highest BCUT2D eigenvalue weighted by atomic mass is 32.2. The Hall–Kier alpha value is -1.08. The van der Waals surface area contributed by atoms with E-state index in [0.29, 0.717) is 24.5 Å². The topological polar surface area (TPSA) is 93.0 Å². The van der Waals surface area contributed by atoms with E-state index in [1.807, 2.05) is 0 Å². The molecule has 0 aliphatic carbocycles. The Morgan fingerprint density at radius 1 is 0.654 bits per heavy atom. The molecule has 0 fully saturated rings. The van der Waals surface area contributed by atoms with E-state index in [4.69, 9.17) is 0 Å². The summed E-state index contributed by atoms with van der Waals surface area (Å²) in [4.78, 5) is 12.3. The number of aromatic nitrogens is 3. The van der Waals surface area contributed by atoms with Gasteiger partial charge in [-0.25, -0.2) is 15.0 Å². The van der Waals surface area contributed by atoms with Gasteiger partial charge in [0.05, 0.1) is 0 Å². The van der Waals surface area contributed by atoms with E-state index < -0.39 is 15.3 Å². The van der Waals surface area contributed by atoms with Crippen molar-refractivity contribution in [2.24, 2.45) is 0 Å². The Bertz CT molecular complexity index is 572. The van der Waals surface area contributed by atoms with E-state index in [0.717, 1.165) is 25.7 Å². The van der Waals surface area contributed by atoms with Crippen molar-refractivity contribution in [3.8, 4) is 0 Å². The molecule has 0 saturated heterocycles. The predicted octanol–water partition coefficient (Wildman–Crippen LogP) is 4.92. The molecule has 1 rings (SSSR count). The fourth-order valence-electron chi connectivity index (χ4n) is 2.91. The molecule has 0 atom stereocenters. The van der Waals surface area contributed by atoms with Gasteiger partial charge in [0.15, 0.2) is 0 Å². The molecule has 0 spiro atoms. The van der Waals surface area contributed by atoms with Gasteiger partial charge in [0.25, 0.3) is 5.16 Å². The molecule has 0 bridgehead atoms. The van der Waals surface area contributed by atoms with Gasteiger partial charge in [-0.3, -0.25) is 4.55 Å². The number of rotatable bonds is 15. The number of unbranched alkanes of at least 4 members (excludes halogenated alkanes) is 10. The minimum absolute atomic E-state index is 0.476. The highest BCUT2D eigenvalue weighted by molar-refractivity contribution is 7.85. The second-order valence-corrected chi connectivity index (χ2v) is 8.28. The van der Waals surface area contributed by atoms with Crippen LogP contribution < -0.4 is 0 Å². The van der Waals surface area contributed by atoms with Crippen LogP contribution in [0.25, 0.3) is 0 Å². The van der Waals surface area contributed by atoms with Crippen LogP contribution in [0.15, 0.2) is 5.16 Å². The van der Waals surface area contributed by atoms with Gasteiger partial charge < -0.3 is 0 Å². The third kappa shape index (κ3) is 10.2. The summed E-state index contributed by atoms with van der Waals surface area (Å²) in [6, 6.07) is 0. The van der Waals surface area contributed by atoms with Crippen LogP contribution in [0.5, 0.6) is 0 Å². The van der Waals surface area contributed by atoms with Crippen molar-refractivity contribution < 1.29 is 13.0 Å². The molecule has 1 aromatic heterocycles. The zero-order valence-corrected chi connectivity index (χ0v) is 17.2.